The van der Waals surface area contributed by atoms with Crippen molar-refractivity contribution in [2.24, 2.45) is 5.73 Å². The first-order valence-electron chi connectivity index (χ1n) is 7.91. The van der Waals surface area contributed by atoms with E-state index in [1.165, 1.54) is 11.1 Å². The van der Waals surface area contributed by atoms with Gasteiger partial charge in [-0.3, -0.25) is 4.79 Å². The fourth-order valence-corrected chi connectivity index (χ4v) is 2.93. The third-order valence-electron chi connectivity index (χ3n) is 4.77. The first-order valence-corrected chi connectivity index (χ1v) is 7.91. The summed E-state index contributed by atoms with van der Waals surface area (Å²) >= 11 is 0. The maximum absolute atomic E-state index is 12.3. The molecule has 1 heterocycles. The Labute approximate surface area is 126 Å². The molecule has 2 aliphatic rings. The van der Waals surface area contributed by atoms with Crippen LogP contribution in [-0.2, 0) is 16.8 Å². The van der Waals surface area contributed by atoms with Crippen molar-refractivity contribution < 1.29 is 4.79 Å². The molecule has 0 unspecified atom stereocenters. The van der Waals surface area contributed by atoms with Crippen molar-refractivity contribution >= 4 is 5.91 Å². The van der Waals surface area contributed by atoms with E-state index in [2.05, 4.69) is 36.2 Å². The summed E-state index contributed by atoms with van der Waals surface area (Å²) in [5, 5.41) is 0. The average molecular weight is 287 g/mol. The maximum atomic E-state index is 12.3. The van der Waals surface area contributed by atoms with Gasteiger partial charge in [-0.1, -0.05) is 24.3 Å². The zero-order chi connectivity index (χ0) is 14.9. The Bertz CT molecular complexity index is 517. The molecular weight excluding hydrogens is 262 g/mol. The molecule has 1 aromatic rings. The van der Waals surface area contributed by atoms with Crippen LogP contribution in [0.1, 0.15) is 30.4 Å². The van der Waals surface area contributed by atoms with Crippen LogP contribution in [0.4, 0.5) is 0 Å². The van der Waals surface area contributed by atoms with E-state index in [9.17, 15) is 4.79 Å². The maximum Gasteiger partial charge on any atom is 0.222 e. The molecule has 0 radical (unpaired) electrons. The van der Waals surface area contributed by atoms with Crippen molar-refractivity contribution in [2.45, 2.75) is 31.2 Å². The smallest absolute Gasteiger partial charge is 0.222 e. The van der Waals surface area contributed by atoms with E-state index in [-0.39, 0.29) is 11.4 Å². The first-order chi connectivity index (χ1) is 10.1. The van der Waals surface area contributed by atoms with Gasteiger partial charge in [0.1, 0.15) is 0 Å². The lowest BCUT2D eigenvalue weighted by molar-refractivity contribution is -0.132. The van der Waals surface area contributed by atoms with Crippen LogP contribution in [0.2, 0.25) is 0 Å². The molecule has 2 fully saturated rings. The second-order valence-corrected chi connectivity index (χ2v) is 6.54. The van der Waals surface area contributed by atoms with Gasteiger partial charge in [0, 0.05) is 38.1 Å². The summed E-state index contributed by atoms with van der Waals surface area (Å²) in [6.45, 7) is 3.69. The predicted molar refractivity (Wildman–Crippen MR) is 83.9 cm³/mol. The summed E-state index contributed by atoms with van der Waals surface area (Å²) in [6.07, 6.45) is 3.58. The van der Waals surface area contributed by atoms with Crippen LogP contribution < -0.4 is 5.73 Å². The third-order valence-corrected chi connectivity index (χ3v) is 4.77. The lowest BCUT2D eigenvalue weighted by atomic mass is 10.0. The monoisotopic (exact) mass is 287 g/mol. The zero-order valence-corrected chi connectivity index (χ0v) is 12.8. The van der Waals surface area contributed by atoms with Crippen molar-refractivity contribution in [1.29, 1.82) is 0 Å². The summed E-state index contributed by atoms with van der Waals surface area (Å²) < 4.78 is 0. The predicted octanol–water partition coefficient (Wildman–Crippen LogP) is 1.34. The number of hydrogen-bond donors (Lipinski definition) is 1. The van der Waals surface area contributed by atoms with Gasteiger partial charge in [-0.05, 0) is 37.4 Å². The number of aryl methyl sites for hydroxylation is 1. The lowest BCUT2D eigenvalue weighted by Gasteiger charge is -2.32. The van der Waals surface area contributed by atoms with Gasteiger partial charge in [0.15, 0.2) is 0 Å². The molecule has 1 aromatic carbocycles. The molecule has 1 aliphatic carbocycles. The number of hydrogen-bond acceptors (Lipinski definition) is 3. The van der Waals surface area contributed by atoms with Crippen LogP contribution in [0.3, 0.4) is 0 Å². The highest BCUT2D eigenvalue weighted by molar-refractivity contribution is 5.76. The summed E-state index contributed by atoms with van der Waals surface area (Å²) in [4.78, 5) is 16.5. The van der Waals surface area contributed by atoms with Crippen molar-refractivity contribution in [2.75, 3.05) is 33.2 Å². The molecule has 1 aliphatic heterocycles. The molecule has 1 saturated heterocycles. The Balaban J connectivity index is 1.54. The Kier molecular flexibility index (Phi) is 4.00. The molecule has 21 heavy (non-hydrogen) atoms. The second-order valence-electron chi connectivity index (χ2n) is 6.54. The Hall–Kier alpha value is -1.39. The molecule has 3 rings (SSSR count). The van der Waals surface area contributed by atoms with Crippen LogP contribution in [0.5, 0.6) is 0 Å². The quantitative estimate of drug-likeness (QED) is 0.909. The van der Waals surface area contributed by atoms with Crippen molar-refractivity contribution in [3.63, 3.8) is 0 Å². The Morgan fingerprint density at radius 3 is 2.62 bits per heavy atom. The van der Waals surface area contributed by atoms with Crippen molar-refractivity contribution in [1.82, 2.24) is 9.80 Å². The van der Waals surface area contributed by atoms with E-state index in [4.69, 9.17) is 5.73 Å². The van der Waals surface area contributed by atoms with Gasteiger partial charge in [-0.25, -0.2) is 0 Å². The second kappa shape index (κ2) is 5.78. The molecule has 4 nitrogen and oxygen atoms in total. The molecule has 0 spiro atoms. The molecule has 4 heteroatoms. The number of carbonyl (C=O) groups is 1. The van der Waals surface area contributed by atoms with E-state index >= 15 is 0 Å². The number of benzene rings is 1. The molecule has 1 amide bonds. The van der Waals surface area contributed by atoms with Crippen LogP contribution in [-0.4, -0.2) is 48.9 Å². The number of amides is 1. The Morgan fingerprint density at radius 2 is 1.95 bits per heavy atom. The normalized spacial score (nSPS) is 21.3. The van der Waals surface area contributed by atoms with E-state index < -0.39 is 0 Å². The number of nitrogens with two attached hydrogens (primary N) is 1. The van der Waals surface area contributed by atoms with Gasteiger partial charge in [0.2, 0.25) is 5.91 Å². The molecule has 2 N–H and O–H groups in total. The minimum absolute atomic E-state index is 0.0858. The van der Waals surface area contributed by atoms with Crippen molar-refractivity contribution in [3.8, 4) is 0 Å². The van der Waals surface area contributed by atoms with Gasteiger partial charge in [-0.15, -0.1) is 0 Å². The van der Waals surface area contributed by atoms with Gasteiger partial charge < -0.3 is 15.5 Å². The van der Waals surface area contributed by atoms with Crippen molar-refractivity contribution in [3.05, 3.63) is 35.4 Å². The number of likely N-dealkylation sites (N-methyl/N-ethyl adjacent to an activating group) is 1. The largest absolute Gasteiger partial charge is 0.340 e. The molecular formula is C17H25N3O. The number of carbonyl (C=O) groups excluding carboxylic acids is 1. The minimum Gasteiger partial charge on any atom is -0.340 e. The standard InChI is InChI=1S/C17H25N3O/c1-19-9-11-20(12-10-19)16(21)6-5-14-3-2-4-15(13-14)17(18)7-8-17/h2-4,13H,5-12,18H2,1H3. The highest BCUT2D eigenvalue weighted by Gasteiger charge is 2.39. The first kappa shape index (κ1) is 14.5. The molecule has 114 valence electrons. The van der Waals surface area contributed by atoms with E-state index in [1.807, 2.05) is 4.90 Å². The van der Waals surface area contributed by atoms with Crippen LogP contribution in [0.15, 0.2) is 24.3 Å². The average Bonchev–Trinajstić information content (AvgIpc) is 3.25. The highest BCUT2D eigenvalue weighted by Crippen LogP contribution is 2.42. The van der Waals surface area contributed by atoms with E-state index in [0.717, 1.165) is 45.4 Å². The van der Waals surface area contributed by atoms with Gasteiger partial charge >= 0.3 is 0 Å². The van der Waals surface area contributed by atoms with Crippen LogP contribution in [0, 0.1) is 0 Å². The fourth-order valence-electron chi connectivity index (χ4n) is 2.93. The molecule has 0 bridgehead atoms. The van der Waals surface area contributed by atoms with Crippen LogP contribution >= 0.6 is 0 Å². The molecule has 0 aromatic heterocycles. The van der Waals surface area contributed by atoms with Gasteiger partial charge in [0.05, 0.1) is 0 Å². The summed E-state index contributed by atoms with van der Waals surface area (Å²) in [5.74, 6) is 0.280. The van der Waals surface area contributed by atoms with Gasteiger partial charge in [-0.2, -0.15) is 0 Å². The van der Waals surface area contributed by atoms with Gasteiger partial charge in [0.25, 0.3) is 0 Å². The molecule has 1 saturated carbocycles. The topological polar surface area (TPSA) is 49.6 Å². The molecule has 0 atom stereocenters. The zero-order valence-electron chi connectivity index (χ0n) is 12.8. The highest BCUT2D eigenvalue weighted by atomic mass is 16.2. The number of nitrogens with zero attached hydrogens (tertiary/aromatic N) is 2. The Morgan fingerprint density at radius 1 is 1.24 bits per heavy atom. The summed E-state index contributed by atoms with van der Waals surface area (Å²) in [5.41, 5.74) is 8.61. The number of piperazine rings is 1. The SMILES string of the molecule is CN1CCN(C(=O)CCc2cccc(C3(N)CC3)c2)CC1. The number of rotatable bonds is 4. The fraction of sp³-hybridized carbons (Fsp3) is 0.588. The summed E-state index contributed by atoms with van der Waals surface area (Å²) in [6, 6.07) is 8.47. The third kappa shape index (κ3) is 3.44. The van der Waals surface area contributed by atoms with E-state index in [1.54, 1.807) is 0 Å². The minimum atomic E-state index is -0.0858. The van der Waals surface area contributed by atoms with Crippen LogP contribution in [0.25, 0.3) is 0 Å². The lowest BCUT2D eigenvalue weighted by Crippen LogP contribution is -2.47. The van der Waals surface area contributed by atoms with E-state index in [0.29, 0.717) is 6.42 Å². The summed E-state index contributed by atoms with van der Waals surface area (Å²) in [7, 11) is 2.11.